The van der Waals surface area contributed by atoms with Gasteiger partial charge in [0.05, 0.1) is 11.9 Å². The highest BCUT2D eigenvalue weighted by molar-refractivity contribution is 9.10. The Kier molecular flexibility index (Phi) is 10.8. The zero-order chi connectivity index (χ0) is 26.2. The molecule has 0 saturated carbocycles. The summed E-state index contributed by atoms with van der Waals surface area (Å²) in [6, 6.07) is 14.2. The number of hydrogen-bond acceptors (Lipinski definition) is 4. The van der Waals surface area contributed by atoms with Crippen molar-refractivity contribution in [3.05, 3.63) is 64.1 Å². The lowest BCUT2D eigenvalue weighted by molar-refractivity contribution is -0.140. The fourth-order valence-electron chi connectivity index (χ4n) is 3.67. The second kappa shape index (κ2) is 13.1. The molecule has 35 heavy (non-hydrogen) atoms. The molecule has 2 aromatic rings. The molecule has 7 nitrogen and oxygen atoms in total. The molecule has 0 aliphatic carbocycles. The van der Waals surface area contributed by atoms with Crippen LogP contribution >= 0.6 is 15.9 Å². The van der Waals surface area contributed by atoms with Crippen LogP contribution in [0.15, 0.2) is 53.0 Å². The van der Waals surface area contributed by atoms with E-state index < -0.39 is 16.1 Å². The van der Waals surface area contributed by atoms with Crippen LogP contribution in [0.1, 0.15) is 51.2 Å². The van der Waals surface area contributed by atoms with Crippen LogP contribution in [0.2, 0.25) is 0 Å². The van der Waals surface area contributed by atoms with Gasteiger partial charge in [-0.15, -0.1) is 0 Å². The van der Waals surface area contributed by atoms with Crippen molar-refractivity contribution in [2.24, 2.45) is 0 Å². The summed E-state index contributed by atoms with van der Waals surface area (Å²) < 4.78 is 27.1. The van der Waals surface area contributed by atoms with Crippen LogP contribution in [0.5, 0.6) is 0 Å². The number of nitrogens with zero attached hydrogens (tertiary/aromatic N) is 2. The summed E-state index contributed by atoms with van der Waals surface area (Å²) >= 11 is 3.46. The molecule has 2 aromatic carbocycles. The van der Waals surface area contributed by atoms with E-state index in [0.717, 1.165) is 28.3 Å². The van der Waals surface area contributed by atoms with Gasteiger partial charge in [-0.1, -0.05) is 47.1 Å². The Hall–Kier alpha value is -2.39. The van der Waals surface area contributed by atoms with E-state index in [1.165, 1.54) is 4.31 Å². The van der Waals surface area contributed by atoms with Crippen LogP contribution in [0, 0.1) is 6.92 Å². The fourth-order valence-corrected chi connectivity index (χ4v) is 5.07. The lowest BCUT2D eigenvalue weighted by Gasteiger charge is -2.30. The van der Waals surface area contributed by atoms with Crippen LogP contribution in [0.25, 0.3) is 0 Å². The molecule has 0 aliphatic rings. The number of halogens is 1. The Bertz CT molecular complexity index is 1120. The predicted octanol–water partition coefficient (Wildman–Crippen LogP) is 4.64. The topological polar surface area (TPSA) is 86.8 Å². The quantitative estimate of drug-likeness (QED) is 0.406. The molecule has 2 rings (SSSR count). The summed E-state index contributed by atoms with van der Waals surface area (Å²) in [4.78, 5) is 27.7. The Morgan fingerprint density at radius 2 is 1.77 bits per heavy atom. The lowest BCUT2D eigenvalue weighted by Crippen LogP contribution is -2.49. The molecule has 2 atom stereocenters. The number of carbonyl (C=O) groups is 2. The predicted molar refractivity (Wildman–Crippen MR) is 145 cm³/mol. The number of amides is 2. The molecule has 2 amide bonds. The fraction of sp³-hybridized carbons (Fsp3) is 0.462. The Labute approximate surface area is 218 Å². The van der Waals surface area contributed by atoms with Gasteiger partial charge in [-0.2, -0.15) is 0 Å². The first kappa shape index (κ1) is 28.8. The number of hydrogen-bond donors (Lipinski definition) is 1. The zero-order valence-electron chi connectivity index (χ0n) is 21.1. The Balaban J connectivity index is 2.17. The average molecular weight is 567 g/mol. The normalized spacial score (nSPS) is 13.1. The molecule has 9 heteroatoms. The third-order valence-electron chi connectivity index (χ3n) is 5.85. The number of carbonyl (C=O) groups excluding carboxylic acids is 2. The molecule has 1 N–H and O–H groups in total. The summed E-state index contributed by atoms with van der Waals surface area (Å²) in [5.41, 5.74) is 2.43. The van der Waals surface area contributed by atoms with Gasteiger partial charge in [0.1, 0.15) is 6.04 Å². The van der Waals surface area contributed by atoms with Crippen molar-refractivity contribution >= 4 is 43.5 Å². The van der Waals surface area contributed by atoms with Crippen LogP contribution < -0.4 is 9.62 Å². The van der Waals surface area contributed by atoms with E-state index >= 15 is 0 Å². The van der Waals surface area contributed by atoms with Crippen LogP contribution in [0.3, 0.4) is 0 Å². The minimum absolute atomic E-state index is 0.00502. The summed E-state index contributed by atoms with van der Waals surface area (Å²) in [5.74, 6) is -0.408. The lowest BCUT2D eigenvalue weighted by atomic mass is 10.1. The summed E-state index contributed by atoms with van der Waals surface area (Å²) in [6.07, 6.45) is 2.40. The monoisotopic (exact) mass is 565 g/mol. The maximum Gasteiger partial charge on any atom is 0.242 e. The summed E-state index contributed by atoms with van der Waals surface area (Å²) in [7, 11) is -3.51. The van der Waals surface area contributed by atoms with Gasteiger partial charge in [0.25, 0.3) is 0 Å². The van der Waals surface area contributed by atoms with Crippen molar-refractivity contribution in [1.82, 2.24) is 10.2 Å². The van der Waals surface area contributed by atoms with Gasteiger partial charge in [0.15, 0.2) is 0 Å². The van der Waals surface area contributed by atoms with Crippen molar-refractivity contribution in [2.75, 3.05) is 17.1 Å². The van der Waals surface area contributed by atoms with E-state index in [1.807, 2.05) is 63.2 Å². The van der Waals surface area contributed by atoms with Gasteiger partial charge in [0, 0.05) is 30.0 Å². The zero-order valence-corrected chi connectivity index (χ0v) is 23.5. The van der Waals surface area contributed by atoms with E-state index in [-0.39, 0.29) is 37.4 Å². The molecule has 0 aliphatic heterocycles. The average Bonchev–Trinajstić information content (AvgIpc) is 2.78. The van der Waals surface area contributed by atoms with E-state index in [0.29, 0.717) is 12.1 Å². The van der Waals surface area contributed by atoms with Gasteiger partial charge in [-0.25, -0.2) is 8.42 Å². The molecular formula is C26H36BrN3O4S. The highest BCUT2D eigenvalue weighted by Gasteiger charge is 2.27. The van der Waals surface area contributed by atoms with Crippen molar-refractivity contribution in [1.29, 1.82) is 0 Å². The second-order valence-electron chi connectivity index (χ2n) is 8.92. The van der Waals surface area contributed by atoms with E-state index in [4.69, 9.17) is 0 Å². The molecule has 192 valence electrons. The molecule has 0 heterocycles. The number of aryl methyl sites for hydroxylation is 1. The van der Waals surface area contributed by atoms with Crippen molar-refractivity contribution in [3.8, 4) is 0 Å². The molecule has 0 bridgehead atoms. The maximum atomic E-state index is 13.3. The SMILES string of the molecule is CC[C@@H](C)NC(=O)[C@@H](C)N(Cc1cccc(Br)c1)C(=O)CCCN(c1cccc(C)c1)S(C)(=O)=O. The smallest absolute Gasteiger partial charge is 0.242 e. The molecule has 0 radical (unpaired) electrons. The van der Waals surface area contributed by atoms with Crippen LogP contribution in [0.4, 0.5) is 5.69 Å². The third-order valence-corrected chi connectivity index (χ3v) is 7.54. The van der Waals surface area contributed by atoms with E-state index in [2.05, 4.69) is 21.2 Å². The minimum atomic E-state index is -3.51. The molecular weight excluding hydrogens is 530 g/mol. The number of rotatable bonds is 12. The van der Waals surface area contributed by atoms with E-state index in [1.54, 1.807) is 17.9 Å². The highest BCUT2D eigenvalue weighted by Crippen LogP contribution is 2.21. The first-order valence-corrected chi connectivity index (χ1v) is 14.4. The Morgan fingerprint density at radius 3 is 2.37 bits per heavy atom. The first-order valence-electron chi connectivity index (χ1n) is 11.8. The van der Waals surface area contributed by atoms with Crippen LogP contribution in [-0.2, 0) is 26.2 Å². The Morgan fingerprint density at radius 1 is 1.09 bits per heavy atom. The van der Waals surface area contributed by atoms with Crippen molar-refractivity contribution in [2.45, 2.75) is 65.6 Å². The van der Waals surface area contributed by atoms with Gasteiger partial charge < -0.3 is 10.2 Å². The van der Waals surface area contributed by atoms with Gasteiger partial charge in [-0.3, -0.25) is 13.9 Å². The van der Waals surface area contributed by atoms with Gasteiger partial charge >= 0.3 is 0 Å². The minimum Gasteiger partial charge on any atom is -0.352 e. The molecule has 0 fully saturated rings. The summed E-state index contributed by atoms with van der Waals surface area (Å²) in [5, 5.41) is 2.95. The van der Waals surface area contributed by atoms with Gasteiger partial charge in [-0.05, 0) is 69.0 Å². The molecule has 0 saturated heterocycles. The second-order valence-corrected chi connectivity index (χ2v) is 11.7. The molecule has 0 aromatic heterocycles. The number of benzene rings is 2. The van der Waals surface area contributed by atoms with Gasteiger partial charge in [0.2, 0.25) is 21.8 Å². The first-order chi connectivity index (χ1) is 16.4. The van der Waals surface area contributed by atoms with Crippen molar-refractivity contribution < 1.29 is 18.0 Å². The third kappa shape index (κ3) is 8.96. The van der Waals surface area contributed by atoms with Crippen molar-refractivity contribution in [3.63, 3.8) is 0 Å². The maximum absolute atomic E-state index is 13.3. The molecule has 0 spiro atoms. The van der Waals surface area contributed by atoms with Crippen LogP contribution in [-0.4, -0.2) is 50.0 Å². The molecule has 0 unspecified atom stereocenters. The van der Waals surface area contributed by atoms with E-state index in [9.17, 15) is 18.0 Å². The summed E-state index contributed by atoms with van der Waals surface area (Å²) in [6.45, 7) is 7.99. The number of anilines is 1. The number of nitrogens with one attached hydrogen (secondary N) is 1. The standard InChI is InChI=1S/C26H36BrN3O4S/c1-6-20(3)28-26(32)21(4)29(18-22-11-8-12-23(27)17-22)25(31)14-9-15-30(35(5,33)34)24-13-7-10-19(2)16-24/h7-8,10-13,16-17,20-21H,6,9,14-15,18H2,1-5H3,(H,28,32)/t20-,21-/m1/s1. The largest absolute Gasteiger partial charge is 0.352 e. The number of sulfonamides is 1. The highest BCUT2D eigenvalue weighted by atomic mass is 79.9.